The molecule has 7 atom stereocenters. The summed E-state index contributed by atoms with van der Waals surface area (Å²) >= 11 is 0. The molecule has 3 N–H and O–H groups in total. The minimum atomic E-state index is -4.95. The lowest BCUT2D eigenvalue weighted by Gasteiger charge is -2.21. The van der Waals surface area contributed by atoms with E-state index < -0.39 is 97.5 Å². The summed E-state index contributed by atoms with van der Waals surface area (Å²) in [6, 6.07) is 0. The van der Waals surface area contributed by atoms with Gasteiger partial charge in [-0.2, -0.15) is 0 Å². The van der Waals surface area contributed by atoms with E-state index in [4.69, 9.17) is 37.0 Å². The quantitative estimate of drug-likeness (QED) is 0.0222. The van der Waals surface area contributed by atoms with Gasteiger partial charge >= 0.3 is 39.5 Å². The predicted octanol–water partition coefficient (Wildman–Crippen LogP) is 19.3. The van der Waals surface area contributed by atoms with Crippen LogP contribution in [0.3, 0.4) is 0 Å². The van der Waals surface area contributed by atoms with Crippen molar-refractivity contribution in [3.05, 3.63) is 0 Å². The van der Waals surface area contributed by atoms with Gasteiger partial charge in [0.1, 0.15) is 19.3 Å². The summed E-state index contributed by atoms with van der Waals surface area (Å²) in [5.41, 5.74) is 0. The molecule has 0 amide bonds. The van der Waals surface area contributed by atoms with Crippen LogP contribution in [-0.4, -0.2) is 96.7 Å². The fourth-order valence-electron chi connectivity index (χ4n) is 10.2. The third-order valence-electron chi connectivity index (χ3n) is 16.5. The number of aliphatic hydroxyl groups excluding tert-OH is 1. The molecule has 88 heavy (non-hydrogen) atoms. The molecule has 0 saturated heterocycles. The standard InChI is InChI=1S/C69H134O17P2/c1-9-61(7)47-39-31-23-17-14-15-19-25-35-43-51-68(73)85-65(56-80-67(72)50-42-34-28-27-32-40-48-62(8)10-2)58-84-88(77,78)82-54-63(70)53-81-87(75,76)83-57-64(86-69(74)52-44-36-26-20-22-30-38-46-60(5)6)55-79-66(71)49-41-33-24-18-13-11-12-16-21-29-37-45-59(3)4/h59-65,70H,9-58H2,1-8H3,(H,75,76)(H,77,78)/t61?,62?,63-,64-,65-/m1/s1. The molecule has 0 bridgehead atoms. The molecule has 0 aromatic rings. The van der Waals surface area contributed by atoms with Crippen LogP contribution in [0.25, 0.3) is 0 Å². The van der Waals surface area contributed by atoms with Crippen LogP contribution >= 0.6 is 15.6 Å². The number of ether oxygens (including phenoxy) is 4. The van der Waals surface area contributed by atoms with Gasteiger partial charge in [0.05, 0.1) is 26.4 Å². The fourth-order valence-corrected chi connectivity index (χ4v) is 11.8. The Hall–Kier alpha value is -1.94. The number of phosphoric ester groups is 2. The second-order valence-electron chi connectivity index (χ2n) is 26.4. The van der Waals surface area contributed by atoms with E-state index in [-0.39, 0.29) is 25.7 Å². The Morgan fingerprint density at radius 3 is 0.807 bits per heavy atom. The van der Waals surface area contributed by atoms with Crippen molar-refractivity contribution in [2.24, 2.45) is 23.7 Å². The average Bonchev–Trinajstić information content (AvgIpc) is 3.56. The van der Waals surface area contributed by atoms with Gasteiger partial charge in [0.15, 0.2) is 12.2 Å². The molecule has 0 radical (unpaired) electrons. The van der Waals surface area contributed by atoms with Gasteiger partial charge in [0.2, 0.25) is 0 Å². The Kier molecular flexibility index (Phi) is 57.6. The highest BCUT2D eigenvalue weighted by atomic mass is 31.2. The first-order valence-corrected chi connectivity index (χ1v) is 38.8. The first kappa shape index (κ1) is 86.1. The summed E-state index contributed by atoms with van der Waals surface area (Å²) in [6.07, 6.45) is 40.3. The van der Waals surface area contributed by atoms with E-state index in [2.05, 4.69) is 55.4 Å². The van der Waals surface area contributed by atoms with Crippen molar-refractivity contribution < 1.29 is 80.2 Å². The third-order valence-corrected chi connectivity index (χ3v) is 18.4. The van der Waals surface area contributed by atoms with Gasteiger partial charge in [-0.1, -0.05) is 287 Å². The van der Waals surface area contributed by atoms with Gasteiger partial charge in [-0.3, -0.25) is 37.3 Å². The van der Waals surface area contributed by atoms with Gasteiger partial charge < -0.3 is 33.8 Å². The molecule has 0 rings (SSSR count). The zero-order chi connectivity index (χ0) is 65.4. The molecule has 0 aromatic carbocycles. The highest BCUT2D eigenvalue weighted by Gasteiger charge is 2.30. The fraction of sp³-hybridized carbons (Fsp3) is 0.942. The summed E-state index contributed by atoms with van der Waals surface area (Å²) < 4.78 is 68.2. The second kappa shape index (κ2) is 58.8. The Morgan fingerprint density at radius 2 is 0.545 bits per heavy atom. The molecule has 0 fully saturated rings. The monoisotopic (exact) mass is 1300 g/mol. The van der Waals surface area contributed by atoms with Gasteiger partial charge in [-0.25, -0.2) is 9.13 Å². The Labute approximate surface area is 537 Å². The smallest absolute Gasteiger partial charge is 0.462 e. The normalized spacial score (nSPS) is 14.9. The number of aliphatic hydroxyl groups is 1. The van der Waals surface area contributed by atoms with Crippen LogP contribution in [-0.2, 0) is 65.4 Å². The average molecular weight is 1300 g/mol. The molecular formula is C69H134O17P2. The molecule has 0 aliphatic rings. The van der Waals surface area contributed by atoms with Gasteiger partial charge in [0.25, 0.3) is 0 Å². The maximum atomic E-state index is 13.0. The summed E-state index contributed by atoms with van der Waals surface area (Å²) in [5, 5.41) is 10.6. The number of carbonyl (C=O) groups is 4. The second-order valence-corrected chi connectivity index (χ2v) is 29.3. The molecule has 0 heterocycles. The lowest BCUT2D eigenvalue weighted by molar-refractivity contribution is -0.161. The lowest BCUT2D eigenvalue weighted by atomic mass is 9.99. The van der Waals surface area contributed by atoms with Crippen LogP contribution < -0.4 is 0 Å². The molecule has 0 aliphatic carbocycles. The number of rotatable bonds is 66. The molecule has 0 aliphatic heterocycles. The van der Waals surface area contributed by atoms with Gasteiger partial charge in [0, 0.05) is 25.7 Å². The maximum Gasteiger partial charge on any atom is 0.472 e. The number of carbonyl (C=O) groups excluding carboxylic acids is 4. The Bertz CT molecular complexity index is 1750. The largest absolute Gasteiger partial charge is 0.472 e. The molecule has 522 valence electrons. The topological polar surface area (TPSA) is 237 Å². The van der Waals surface area contributed by atoms with Crippen LogP contribution in [0.4, 0.5) is 0 Å². The highest BCUT2D eigenvalue weighted by Crippen LogP contribution is 2.45. The summed E-state index contributed by atoms with van der Waals surface area (Å²) in [4.78, 5) is 72.5. The molecule has 19 heteroatoms. The number of unbranched alkanes of at least 4 members (excludes halogenated alkanes) is 30. The summed E-state index contributed by atoms with van der Waals surface area (Å²) in [7, 11) is -9.90. The van der Waals surface area contributed by atoms with E-state index in [9.17, 15) is 43.2 Å². The zero-order valence-electron chi connectivity index (χ0n) is 57.3. The minimum absolute atomic E-state index is 0.103. The molecule has 0 aromatic heterocycles. The van der Waals surface area contributed by atoms with Crippen LogP contribution in [0.2, 0.25) is 0 Å². The van der Waals surface area contributed by atoms with Crippen molar-refractivity contribution >= 4 is 39.5 Å². The number of hydrogen-bond donors (Lipinski definition) is 3. The van der Waals surface area contributed by atoms with Crippen molar-refractivity contribution in [3.8, 4) is 0 Å². The van der Waals surface area contributed by atoms with E-state index in [1.165, 1.54) is 135 Å². The maximum absolute atomic E-state index is 13.0. The SMILES string of the molecule is CCC(C)CCCCCCCCCCCCC(=O)O[C@H](COC(=O)CCCCCCCCC(C)CC)COP(=O)(O)OC[C@H](O)COP(=O)(O)OC[C@@H](COC(=O)CCCCCCCCCCCCCC(C)C)OC(=O)CCCCCCCCCC(C)C. The zero-order valence-corrected chi connectivity index (χ0v) is 59.1. The lowest BCUT2D eigenvalue weighted by Crippen LogP contribution is -2.30. The number of esters is 4. The number of hydrogen-bond acceptors (Lipinski definition) is 15. The predicted molar refractivity (Wildman–Crippen MR) is 354 cm³/mol. The van der Waals surface area contributed by atoms with E-state index in [0.717, 1.165) is 114 Å². The van der Waals surface area contributed by atoms with Crippen molar-refractivity contribution in [3.63, 3.8) is 0 Å². The van der Waals surface area contributed by atoms with Crippen molar-refractivity contribution in [2.75, 3.05) is 39.6 Å². The van der Waals surface area contributed by atoms with Gasteiger partial charge in [-0.15, -0.1) is 0 Å². The summed E-state index contributed by atoms with van der Waals surface area (Å²) in [6.45, 7) is 14.1. The highest BCUT2D eigenvalue weighted by molar-refractivity contribution is 7.47. The molecule has 17 nitrogen and oxygen atoms in total. The van der Waals surface area contributed by atoms with E-state index in [1.807, 2.05) is 0 Å². The van der Waals surface area contributed by atoms with E-state index in [1.54, 1.807) is 0 Å². The van der Waals surface area contributed by atoms with Crippen molar-refractivity contribution in [1.82, 2.24) is 0 Å². The van der Waals surface area contributed by atoms with Crippen LogP contribution in [0.5, 0.6) is 0 Å². The first-order valence-electron chi connectivity index (χ1n) is 35.8. The number of phosphoric acid groups is 2. The summed E-state index contributed by atoms with van der Waals surface area (Å²) in [5.74, 6) is 0.867. The van der Waals surface area contributed by atoms with E-state index >= 15 is 0 Å². The minimum Gasteiger partial charge on any atom is -0.462 e. The van der Waals surface area contributed by atoms with Crippen LogP contribution in [0, 0.1) is 23.7 Å². The Morgan fingerprint density at radius 1 is 0.318 bits per heavy atom. The van der Waals surface area contributed by atoms with Crippen molar-refractivity contribution in [2.45, 2.75) is 356 Å². The van der Waals surface area contributed by atoms with Gasteiger partial charge in [-0.05, 0) is 49.4 Å². The van der Waals surface area contributed by atoms with Crippen molar-refractivity contribution in [1.29, 1.82) is 0 Å². The third kappa shape index (κ3) is 60.3. The molecule has 0 saturated carbocycles. The Balaban J connectivity index is 5.25. The molecule has 4 unspecified atom stereocenters. The molecule has 0 spiro atoms. The molecular weight excluding hydrogens is 1160 g/mol. The first-order chi connectivity index (χ1) is 42.2. The van der Waals surface area contributed by atoms with E-state index in [0.29, 0.717) is 31.6 Å². The van der Waals surface area contributed by atoms with Crippen LogP contribution in [0.1, 0.15) is 338 Å². The van der Waals surface area contributed by atoms with Crippen LogP contribution in [0.15, 0.2) is 0 Å².